The molecule has 3 rings (SSSR count). The lowest BCUT2D eigenvalue weighted by molar-refractivity contribution is -0.126. The van der Waals surface area contributed by atoms with Crippen molar-refractivity contribution in [2.45, 2.75) is 18.7 Å². The minimum Gasteiger partial charge on any atom is -0.497 e. The molecule has 152 valence electrons. The van der Waals surface area contributed by atoms with Gasteiger partial charge in [0.05, 0.1) is 39.3 Å². The summed E-state index contributed by atoms with van der Waals surface area (Å²) in [4.78, 5) is 14.2. The molecule has 0 aromatic heterocycles. The van der Waals surface area contributed by atoms with Crippen molar-refractivity contribution in [1.82, 2.24) is 4.90 Å². The Kier molecular flexibility index (Phi) is 6.77. The maximum atomic E-state index is 12.5. The molecule has 0 bridgehead atoms. The standard InChI is InChI=1S/C21H23N3O4S/c1-14-20(25)24(13-15-5-8-17(26-2)9-6-15)21(29-14)23-22-12-16-7-10-18(27-3)19(11-16)28-4/h5-12,14H,13H2,1-4H3/b22-12-,23-21-/t14-/m1/s1. The van der Waals surface area contributed by atoms with Gasteiger partial charge in [-0.2, -0.15) is 5.10 Å². The van der Waals surface area contributed by atoms with Crippen LogP contribution >= 0.6 is 11.8 Å². The average molecular weight is 413 g/mol. The van der Waals surface area contributed by atoms with Crippen molar-refractivity contribution in [3.63, 3.8) is 0 Å². The van der Waals surface area contributed by atoms with Crippen LogP contribution in [-0.2, 0) is 11.3 Å². The molecule has 2 aromatic carbocycles. The summed E-state index contributed by atoms with van der Waals surface area (Å²) in [7, 11) is 4.79. The largest absolute Gasteiger partial charge is 0.497 e. The van der Waals surface area contributed by atoms with Crippen LogP contribution in [0.4, 0.5) is 0 Å². The zero-order valence-electron chi connectivity index (χ0n) is 16.8. The van der Waals surface area contributed by atoms with E-state index in [1.54, 1.807) is 38.5 Å². The van der Waals surface area contributed by atoms with Crippen LogP contribution < -0.4 is 14.2 Å². The summed E-state index contributed by atoms with van der Waals surface area (Å²) in [5.74, 6) is 2.06. The first-order chi connectivity index (χ1) is 14.0. The molecule has 0 N–H and O–H groups in total. The predicted octanol–water partition coefficient (Wildman–Crippen LogP) is 3.57. The number of hydrogen-bond donors (Lipinski definition) is 0. The quantitative estimate of drug-likeness (QED) is 0.513. The molecule has 8 heteroatoms. The fourth-order valence-corrected chi connectivity index (χ4v) is 3.72. The van der Waals surface area contributed by atoms with E-state index in [-0.39, 0.29) is 11.2 Å². The Morgan fingerprint density at radius 3 is 2.41 bits per heavy atom. The maximum absolute atomic E-state index is 12.5. The Hall–Kier alpha value is -3.00. The number of methoxy groups -OCH3 is 3. The first-order valence-corrected chi connectivity index (χ1v) is 9.87. The minimum absolute atomic E-state index is 0.0193. The van der Waals surface area contributed by atoms with Crippen LogP contribution in [0.3, 0.4) is 0 Å². The molecule has 29 heavy (non-hydrogen) atoms. The summed E-state index contributed by atoms with van der Waals surface area (Å²) >= 11 is 1.40. The highest BCUT2D eigenvalue weighted by Crippen LogP contribution is 2.29. The number of amidine groups is 1. The molecular weight excluding hydrogens is 390 g/mol. The number of ether oxygens (including phenoxy) is 3. The van der Waals surface area contributed by atoms with E-state index < -0.39 is 0 Å². The van der Waals surface area contributed by atoms with Crippen molar-refractivity contribution in [3.05, 3.63) is 53.6 Å². The molecule has 0 unspecified atom stereocenters. The maximum Gasteiger partial charge on any atom is 0.242 e. The highest BCUT2D eigenvalue weighted by molar-refractivity contribution is 8.15. The van der Waals surface area contributed by atoms with Gasteiger partial charge >= 0.3 is 0 Å². The second-order valence-electron chi connectivity index (χ2n) is 6.27. The lowest BCUT2D eigenvalue weighted by Crippen LogP contribution is -2.30. The van der Waals surface area contributed by atoms with Gasteiger partial charge in [-0.05, 0) is 48.4 Å². The first-order valence-electron chi connectivity index (χ1n) is 8.99. The molecule has 1 amide bonds. The van der Waals surface area contributed by atoms with Crippen molar-refractivity contribution >= 4 is 29.1 Å². The van der Waals surface area contributed by atoms with E-state index in [1.807, 2.05) is 43.3 Å². The lowest BCUT2D eigenvalue weighted by atomic mass is 10.2. The van der Waals surface area contributed by atoms with Gasteiger partial charge in [0.1, 0.15) is 5.75 Å². The molecule has 1 fully saturated rings. The van der Waals surface area contributed by atoms with Crippen molar-refractivity contribution < 1.29 is 19.0 Å². The Labute approximate surface area is 174 Å². The molecule has 0 spiro atoms. The van der Waals surface area contributed by atoms with Gasteiger partial charge in [0, 0.05) is 0 Å². The number of rotatable bonds is 7. The van der Waals surface area contributed by atoms with Crippen molar-refractivity contribution in [3.8, 4) is 17.2 Å². The van der Waals surface area contributed by atoms with E-state index in [2.05, 4.69) is 10.2 Å². The normalized spacial score (nSPS) is 17.9. The van der Waals surface area contributed by atoms with Gasteiger partial charge in [-0.3, -0.25) is 9.69 Å². The molecule has 1 atom stereocenters. The van der Waals surface area contributed by atoms with Crippen molar-refractivity contribution in [2.75, 3.05) is 21.3 Å². The summed E-state index contributed by atoms with van der Waals surface area (Å²) in [6, 6.07) is 13.1. The van der Waals surface area contributed by atoms with Gasteiger partial charge < -0.3 is 14.2 Å². The topological polar surface area (TPSA) is 72.7 Å². The molecule has 0 radical (unpaired) electrons. The Morgan fingerprint density at radius 2 is 1.76 bits per heavy atom. The third kappa shape index (κ3) is 4.89. The van der Waals surface area contributed by atoms with Crippen LogP contribution in [0, 0.1) is 0 Å². The molecule has 1 aliphatic rings. The summed E-state index contributed by atoms with van der Waals surface area (Å²) in [6.45, 7) is 2.31. The third-order valence-electron chi connectivity index (χ3n) is 4.38. The summed E-state index contributed by atoms with van der Waals surface area (Å²) in [5.41, 5.74) is 1.81. The predicted molar refractivity (Wildman–Crippen MR) is 115 cm³/mol. The number of hydrogen-bond acceptors (Lipinski definition) is 7. The van der Waals surface area contributed by atoms with Crippen LogP contribution in [0.2, 0.25) is 0 Å². The van der Waals surface area contributed by atoms with E-state index in [0.29, 0.717) is 23.2 Å². The first kappa shape index (κ1) is 20.7. The van der Waals surface area contributed by atoms with Gasteiger partial charge in [0.15, 0.2) is 16.7 Å². The second kappa shape index (κ2) is 9.47. The fourth-order valence-electron chi connectivity index (χ4n) is 2.80. The van der Waals surface area contributed by atoms with Crippen molar-refractivity contribution in [1.29, 1.82) is 0 Å². The number of carbonyl (C=O) groups is 1. The van der Waals surface area contributed by atoms with E-state index in [0.717, 1.165) is 16.9 Å². The number of nitrogens with zero attached hydrogens (tertiary/aromatic N) is 3. The zero-order chi connectivity index (χ0) is 20.8. The average Bonchev–Trinajstić information content (AvgIpc) is 3.01. The SMILES string of the molecule is COc1ccc(CN2C(=O)[C@@H](C)S/C2=N\N=C/c2ccc(OC)c(OC)c2)cc1. The van der Waals surface area contributed by atoms with E-state index in [9.17, 15) is 4.79 Å². The van der Waals surface area contributed by atoms with Gasteiger partial charge in [0.25, 0.3) is 0 Å². The second-order valence-corrected chi connectivity index (χ2v) is 7.58. The molecule has 1 heterocycles. The number of amides is 1. The van der Waals surface area contributed by atoms with Gasteiger partial charge in [-0.25, -0.2) is 0 Å². The Morgan fingerprint density at radius 1 is 1.03 bits per heavy atom. The molecule has 0 aliphatic carbocycles. The number of carbonyl (C=O) groups excluding carboxylic acids is 1. The molecule has 7 nitrogen and oxygen atoms in total. The Balaban J connectivity index is 1.77. The number of benzene rings is 2. The van der Waals surface area contributed by atoms with E-state index >= 15 is 0 Å². The lowest BCUT2D eigenvalue weighted by Gasteiger charge is -2.15. The number of thioether (sulfide) groups is 1. The fraction of sp³-hybridized carbons (Fsp3) is 0.286. The van der Waals surface area contributed by atoms with Crippen molar-refractivity contribution in [2.24, 2.45) is 10.2 Å². The molecule has 1 saturated heterocycles. The monoisotopic (exact) mass is 413 g/mol. The molecule has 0 saturated carbocycles. The van der Waals surface area contributed by atoms with Crippen LogP contribution in [0.15, 0.2) is 52.7 Å². The molecule has 2 aromatic rings. The van der Waals surface area contributed by atoms with Crippen LogP contribution in [-0.4, -0.2) is 48.8 Å². The van der Waals surface area contributed by atoms with E-state index in [1.165, 1.54) is 11.8 Å². The van der Waals surface area contributed by atoms with Gasteiger partial charge in [-0.1, -0.05) is 23.9 Å². The third-order valence-corrected chi connectivity index (χ3v) is 5.45. The van der Waals surface area contributed by atoms with Crippen LogP contribution in [0.5, 0.6) is 17.2 Å². The highest BCUT2D eigenvalue weighted by Gasteiger charge is 2.35. The van der Waals surface area contributed by atoms with E-state index in [4.69, 9.17) is 14.2 Å². The summed E-state index contributed by atoms with van der Waals surface area (Å²) in [6.07, 6.45) is 1.62. The van der Waals surface area contributed by atoms with Crippen LogP contribution in [0.1, 0.15) is 18.1 Å². The van der Waals surface area contributed by atoms with Gasteiger partial charge in [0.2, 0.25) is 5.91 Å². The summed E-state index contributed by atoms with van der Waals surface area (Å²) < 4.78 is 15.7. The van der Waals surface area contributed by atoms with Crippen LogP contribution in [0.25, 0.3) is 0 Å². The summed E-state index contributed by atoms with van der Waals surface area (Å²) in [5, 5.41) is 8.85. The molecule has 1 aliphatic heterocycles. The minimum atomic E-state index is -0.191. The smallest absolute Gasteiger partial charge is 0.242 e. The highest BCUT2D eigenvalue weighted by atomic mass is 32.2. The molecular formula is C21H23N3O4S. The van der Waals surface area contributed by atoms with Gasteiger partial charge in [-0.15, -0.1) is 5.10 Å². The Bertz CT molecular complexity index is 928. The zero-order valence-corrected chi connectivity index (χ0v) is 17.6.